The van der Waals surface area contributed by atoms with E-state index in [0.29, 0.717) is 12.3 Å². The normalized spacial score (nSPS) is 20.6. The molecular formula is C18H16F3N5O. The Hall–Kier alpha value is -2.89. The molecule has 0 aromatic carbocycles. The fraction of sp³-hybridized carbons (Fsp3) is 0.444. The molecule has 0 radical (unpaired) electrons. The zero-order valence-electron chi connectivity index (χ0n) is 14.6. The van der Waals surface area contributed by atoms with E-state index in [1.807, 2.05) is 6.07 Å². The van der Waals surface area contributed by atoms with Crippen LogP contribution < -0.4 is 5.32 Å². The molecule has 2 aromatic rings. The fourth-order valence-electron chi connectivity index (χ4n) is 3.55. The van der Waals surface area contributed by atoms with Crippen molar-refractivity contribution < 1.29 is 18.0 Å². The quantitative estimate of drug-likeness (QED) is 0.894. The summed E-state index contributed by atoms with van der Waals surface area (Å²) in [6, 6.07) is 3.82. The highest BCUT2D eigenvalue weighted by Crippen LogP contribution is 2.57. The Bertz CT molecular complexity index is 986. The van der Waals surface area contributed by atoms with Crippen molar-refractivity contribution in [1.82, 2.24) is 20.1 Å². The van der Waals surface area contributed by atoms with Crippen molar-refractivity contribution >= 4 is 5.91 Å². The van der Waals surface area contributed by atoms with E-state index >= 15 is 0 Å². The van der Waals surface area contributed by atoms with E-state index < -0.39 is 23.2 Å². The van der Waals surface area contributed by atoms with Gasteiger partial charge in [-0.05, 0) is 44.7 Å². The molecule has 1 amide bonds. The zero-order valence-corrected chi connectivity index (χ0v) is 14.6. The molecule has 2 aliphatic carbocycles. The van der Waals surface area contributed by atoms with Gasteiger partial charge in [0.2, 0.25) is 0 Å². The predicted molar refractivity (Wildman–Crippen MR) is 88.1 cm³/mol. The number of amides is 1. The van der Waals surface area contributed by atoms with Gasteiger partial charge in [0.25, 0.3) is 5.91 Å². The second-order valence-corrected chi connectivity index (χ2v) is 7.52. The maximum absolute atomic E-state index is 13.0. The monoisotopic (exact) mass is 375 g/mol. The molecular weight excluding hydrogens is 359 g/mol. The minimum Gasteiger partial charge on any atom is -0.333 e. The topological polar surface area (TPSA) is 83.6 Å². The molecule has 1 saturated carbocycles. The van der Waals surface area contributed by atoms with Crippen LogP contribution in [0.2, 0.25) is 0 Å². The number of nitriles is 1. The number of nitrogens with zero attached hydrogens (tertiary/aromatic N) is 4. The van der Waals surface area contributed by atoms with Gasteiger partial charge >= 0.3 is 6.18 Å². The lowest BCUT2D eigenvalue weighted by Gasteiger charge is -2.16. The number of hydrogen-bond acceptors (Lipinski definition) is 4. The number of carbonyl (C=O) groups excluding carboxylic acids is 1. The summed E-state index contributed by atoms with van der Waals surface area (Å²) in [5.41, 5.74) is -0.254. The van der Waals surface area contributed by atoms with E-state index in [9.17, 15) is 18.0 Å². The fourth-order valence-corrected chi connectivity index (χ4v) is 3.55. The lowest BCUT2D eigenvalue weighted by molar-refractivity contribution is -0.137. The van der Waals surface area contributed by atoms with Crippen LogP contribution in [0.5, 0.6) is 0 Å². The Kier molecular flexibility index (Phi) is 3.60. The molecule has 2 heterocycles. The number of hydrogen-bond donors (Lipinski definition) is 1. The third-order valence-corrected chi connectivity index (χ3v) is 4.97. The molecule has 0 spiro atoms. The van der Waals surface area contributed by atoms with Gasteiger partial charge in [0.05, 0.1) is 17.3 Å². The molecule has 9 heteroatoms. The Balaban J connectivity index is 1.78. The number of rotatable bonds is 3. The van der Waals surface area contributed by atoms with Gasteiger partial charge in [-0.3, -0.25) is 4.79 Å². The molecule has 0 bridgehead atoms. The summed E-state index contributed by atoms with van der Waals surface area (Å²) in [6.07, 6.45) is -1.81. The van der Waals surface area contributed by atoms with Gasteiger partial charge in [0.1, 0.15) is 5.54 Å². The lowest BCUT2D eigenvalue weighted by atomic mass is 10.1. The lowest BCUT2D eigenvalue weighted by Crippen LogP contribution is -2.42. The molecule has 27 heavy (non-hydrogen) atoms. The smallest absolute Gasteiger partial charge is 0.333 e. The molecule has 1 N–H and O–H groups in total. The molecule has 140 valence electrons. The van der Waals surface area contributed by atoms with Crippen molar-refractivity contribution in [3.63, 3.8) is 0 Å². The predicted octanol–water partition coefficient (Wildman–Crippen LogP) is 2.98. The summed E-state index contributed by atoms with van der Waals surface area (Å²) in [5.74, 6) is 0.108. The van der Waals surface area contributed by atoms with Gasteiger partial charge in [-0.2, -0.15) is 23.5 Å². The second-order valence-electron chi connectivity index (χ2n) is 7.52. The molecule has 2 aliphatic rings. The number of pyridine rings is 1. The van der Waals surface area contributed by atoms with Crippen LogP contribution in [0.1, 0.15) is 53.5 Å². The molecule has 0 aliphatic heterocycles. The van der Waals surface area contributed by atoms with Gasteiger partial charge in [-0.15, -0.1) is 0 Å². The van der Waals surface area contributed by atoms with Crippen molar-refractivity contribution in [3.8, 4) is 11.9 Å². The van der Waals surface area contributed by atoms with Gasteiger partial charge in [-0.25, -0.2) is 9.67 Å². The van der Waals surface area contributed by atoms with Gasteiger partial charge in [0.15, 0.2) is 11.5 Å². The third-order valence-electron chi connectivity index (χ3n) is 4.97. The first-order chi connectivity index (χ1) is 12.6. The Morgan fingerprint density at radius 1 is 1.41 bits per heavy atom. The molecule has 2 aromatic heterocycles. The Morgan fingerprint density at radius 2 is 2.15 bits per heavy atom. The SMILES string of the molecule is CC(C)(C#N)NC(=O)c1nn(-c2cc(C(F)(F)F)ccn2)c2c1C[C@H]1C[C@@H]21. The zero-order chi connectivity index (χ0) is 19.6. The van der Waals surface area contributed by atoms with Crippen molar-refractivity contribution in [1.29, 1.82) is 5.26 Å². The first-order valence-corrected chi connectivity index (χ1v) is 8.50. The molecule has 1 fully saturated rings. The number of alkyl halides is 3. The third kappa shape index (κ3) is 2.95. The summed E-state index contributed by atoms with van der Waals surface area (Å²) in [6.45, 7) is 3.13. The van der Waals surface area contributed by atoms with Crippen LogP contribution in [-0.2, 0) is 12.6 Å². The molecule has 6 nitrogen and oxygen atoms in total. The second kappa shape index (κ2) is 5.55. The van der Waals surface area contributed by atoms with Crippen LogP contribution in [0.3, 0.4) is 0 Å². The van der Waals surface area contributed by atoms with E-state index in [-0.39, 0.29) is 17.4 Å². The maximum Gasteiger partial charge on any atom is 0.416 e. The minimum absolute atomic E-state index is 0.0345. The van der Waals surface area contributed by atoms with Crippen LogP contribution in [0.4, 0.5) is 13.2 Å². The van der Waals surface area contributed by atoms with Crippen LogP contribution >= 0.6 is 0 Å². The standard InChI is InChI=1S/C18H16F3N5O/c1-17(2,8-22)24-16(27)14-12-6-9-5-11(9)15(12)26(25-14)13-7-10(3-4-23-13)18(19,20)21/h3-4,7,9,11H,5-6H2,1-2H3,(H,24,27)/t9-,11-/m1/s1. The van der Waals surface area contributed by atoms with E-state index in [4.69, 9.17) is 5.26 Å². The summed E-state index contributed by atoms with van der Waals surface area (Å²) >= 11 is 0. The highest BCUT2D eigenvalue weighted by atomic mass is 19.4. The summed E-state index contributed by atoms with van der Waals surface area (Å²) in [5, 5.41) is 16.0. The van der Waals surface area contributed by atoms with E-state index in [0.717, 1.165) is 36.0 Å². The highest BCUT2D eigenvalue weighted by Gasteiger charge is 2.50. The Morgan fingerprint density at radius 3 is 2.81 bits per heavy atom. The molecule has 0 saturated heterocycles. The number of halogens is 3. The summed E-state index contributed by atoms with van der Waals surface area (Å²) in [7, 11) is 0. The van der Waals surface area contributed by atoms with Crippen molar-refractivity contribution in [2.45, 2.75) is 44.3 Å². The molecule has 4 rings (SSSR count). The van der Waals surface area contributed by atoms with E-state index in [1.165, 1.54) is 4.68 Å². The first-order valence-electron chi connectivity index (χ1n) is 8.50. The van der Waals surface area contributed by atoms with Crippen LogP contribution in [0.25, 0.3) is 5.82 Å². The molecule has 0 unspecified atom stereocenters. The summed E-state index contributed by atoms with van der Waals surface area (Å²) < 4.78 is 40.5. The average molecular weight is 375 g/mol. The summed E-state index contributed by atoms with van der Waals surface area (Å²) in [4.78, 5) is 16.7. The van der Waals surface area contributed by atoms with Crippen LogP contribution in [0, 0.1) is 17.2 Å². The minimum atomic E-state index is -4.49. The van der Waals surface area contributed by atoms with Crippen molar-refractivity contribution in [2.24, 2.45) is 5.92 Å². The average Bonchev–Trinajstić information content (AvgIpc) is 3.09. The molecule has 2 atom stereocenters. The number of fused-ring (bicyclic) bond motifs is 3. The van der Waals surface area contributed by atoms with Gasteiger partial charge in [-0.1, -0.05) is 0 Å². The van der Waals surface area contributed by atoms with Crippen LogP contribution in [0.15, 0.2) is 18.3 Å². The van der Waals surface area contributed by atoms with Crippen molar-refractivity contribution in [2.75, 3.05) is 0 Å². The van der Waals surface area contributed by atoms with Crippen molar-refractivity contribution in [3.05, 3.63) is 40.8 Å². The van der Waals surface area contributed by atoms with E-state index in [2.05, 4.69) is 15.4 Å². The van der Waals surface area contributed by atoms with Gasteiger partial charge < -0.3 is 5.32 Å². The highest BCUT2D eigenvalue weighted by molar-refractivity contribution is 5.95. The maximum atomic E-state index is 13.0. The van der Waals surface area contributed by atoms with Gasteiger partial charge in [0, 0.05) is 17.7 Å². The first kappa shape index (κ1) is 17.5. The number of nitrogens with one attached hydrogen (secondary N) is 1. The Labute approximate surface area is 153 Å². The van der Waals surface area contributed by atoms with E-state index in [1.54, 1.807) is 13.8 Å². The largest absolute Gasteiger partial charge is 0.416 e. The number of carbonyl (C=O) groups is 1. The van der Waals surface area contributed by atoms with Crippen LogP contribution in [-0.4, -0.2) is 26.2 Å². The number of aromatic nitrogens is 3.